The lowest BCUT2D eigenvalue weighted by Gasteiger charge is -2.23. The average molecular weight is 392 g/mol. The molecule has 8 heteroatoms. The van der Waals surface area contributed by atoms with Crippen molar-refractivity contribution in [3.8, 4) is 0 Å². The number of carbonyl (C=O) groups excluding carboxylic acids is 1. The first-order valence-corrected chi connectivity index (χ1v) is 10.7. The van der Waals surface area contributed by atoms with Crippen molar-refractivity contribution in [3.05, 3.63) is 18.0 Å². The number of aliphatic hydroxyl groups is 1. The normalized spacial score (nSPS) is 22.1. The Hall–Kier alpha value is -1.96. The molecule has 1 saturated carbocycles. The third-order valence-corrected chi connectivity index (χ3v) is 5.81. The number of nitrogens with zero attached hydrogens (tertiary/aromatic N) is 4. The van der Waals surface area contributed by atoms with Crippen LogP contribution in [-0.4, -0.2) is 62.0 Å². The van der Waals surface area contributed by atoms with Crippen LogP contribution in [-0.2, 0) is 11.2 Å². The van der Waals surface area contributed by atoms with Gasteiger partial charge in [-0.3, -0.25) is 4.90 Å². The standard InChI is InChI=1S/C20H33N5O3/c26-18(14-16-8-4-3-5-9-16)12-11-17-15-28-20(27)25(17)13-7-2-1-6-10-19-21-23-24-22-19/h11-12,16-18,26H,1-10,13-15H2,(H,21,22,23,24)/b12-11+. The number of amides is 1. The summed E-state index contributed by atoms with van der Waals surface area (Å²) in [6.45, 7) is 1.07. The smallest absolute Gasteiger partial charge is 0.410 e. The summed E-state index contributed by atoms with van der Waals surface area (Å²) in [6, 6.07) is -0.0622. The summed E-state index contributed by atoms with van der Waals surface area (Å²) in [6.07, 6.45) is 15.2. The second kappa shape index (κ2) is 11.1. The van der Waals surface area contributed by atoms with Gasteiger partial charge in [-0.05, 0) is 25.2 Å². The predicted octanol–water partition coefficient (Wildman–Crippen LogP) is 3.01. The van der Waals surface area contributed by atoms with Gasteiger partial charge >= 0.3 is 6.09 Å². The first-order valence-electron chi connectivity index (χ1n) is 10.7. The zero-order valence-corrected chi connectivity index (χ0v) is 16.6. The first-order chi connectivity index (χ1) is 13.7. The van der Waals surface area contributed by atoms with E-state index in [2.05, 4.69) is 20.6 Å². The molecule has 0 spiro atoms. The van der Waals surface area contributed by atoms with Gasteiger partial charge < -0.3 is 9.84 Å². The van der Waals surface area contributed by atoms with Crippen molar-refractivity contribution in [1.82, 2.24) is 25.5 Å². The van der Waals surface area contributed by atoms with Gasteiger partial charge in [0.15, 0.2) is 5.82 Å². The van der Waals surface area contributed by atoms with Crippen LogP contribution in [0.1, 0.15) is 70.0 Å². The second-order valence-corrected chi connectivity index (χ2v) is 8.02. The Morgan fingerprint density at radius 3 is 2.82 bits per heavy atom. The highest BCUT2D eigenvalue weighted by Gasteiger charge is 2.30. The van der Waals surface area contributed by atoms with E-state index < -0.39 is 6.10 Å². The Labute approximate surface area is 166 Å². The number of hydrogen-bond acceptors (Lipinski definition) is 6. The molecule has 2 N–H and O–H groups in total. The van der Waals surface area contributed by atoms with Gasteiger partial charge in [0.25, 0.3) is 0 Å². The van der Waals surface area contributed by atoms with Crippen LogP contribution in [0.5, 0.6) is 0 Å². The van der Waals surface area contributed by atoms with Crippen LogP contribution < -0.4 is 0 Å². The third kappa shape index (κ3) is 6.58. The predicted molar refractivity (Wildman–Crippen MR) is 105 cm³/mol. The molecule has 1 aromatic rings. The SMILES string of the molecule is O=C1OCC(/C=C/C(O)CC2CCCCC2)N1CCCCCCc1nn[nH]n1. The van der Waals surface area contributed by atoms with Crippen LogP contribution in [0, 0.1) is 5.92 Å². The maximum absolute atomic E-state index is 12.0. The average Bonchev–Trinajstić information content (AvgIpc) is 3.34. The van der Waals surface area contributed by atoms with Crippen molar-refractivity contribution < 1.29 is 14.6 Å². The summed E-state index contributed by atoms with van der Waals surface area (Å²) < 4.78 is 5.21. The largest absolute Gasteiger partial charge is 0.447 e. The molecular formula is C20H33N5O3. The summed E-state index contributed by atoms with van der Waals surface area (Å²) in [4.78, 5) is 13.8. The van der Waals surface area contributed by atoms with E-state index in [1.54, 1.807) is 4.90 Å². The van der Waals surface area contributed by atoms with Gasteiger partial charge in [0.2, 0.25) is 0 Å². The summed E-state index contributed by atoms with van der Waals surface area (Å²) in [5.41, 5.74) is 0. The van der Waals surface area contributed by atoms with Crippen LogP contribution >= 0.6 is 0 Å². The van der Waals surface area contributed by atoms with E-state index in [1.807, 2.05) is 12.2 Å². The molecule has 0 radical (unpaired) electrons. The Morgan fingerprint density at radius 2 is 2.04 bits per heavy atom. The zero-order chi connectivity index (χ0) is 19.6. The Balaban J connectivity index is 1.33. The number of hydrogen-bond donors (Lipinski definition) is 2. The maximum Gasteiger partial charge on any atom is 0.410 e. The van der Waals surface area contributed by atoms with Gasteiger partial charge in [0, 0.05) is 13.0 Å². The highest BCUT2D eigenvalue weighted by Crippen LogP contribution is 2.27. The molecule has 8 nitrogen and oxygen atoms in total. The van der Waals surface area contributed by atoms with Crippen LogP contribution in [0.3, 0.4) is 0 Å². The lowest BCUT2D eigenvalue weighted by molar-refractivity contribution is 0.157. The number of carbonyl (C=O) groups is 1. The summed E-state index contributed by atoms with van der Waals surface area (Å²) >= 11 is 0. The summed E-state index contributed by atoms with van der Waals surface area (Å²) in [5.74, 6) is 1.39. The molecule has 1 aliphatic heterocycles. The molecule has 2 atom stereocenters. The Morgan fingerprint density at radius 1 is 1.21 bits per heavy atom. The highest BCUT2D eigenvalue weighted by atomic mass is 16.6. The fraction of sp³-hybridized carbons (Fsp3) is 0.800. The minimum absolute atomic E-state index is 0.0622. The second-order valence-electron chi connectivity index (χ2n) is 8.02. The molecule has 0 aromatic carbocycles. The lowest BCUT2D eigenvalue weighted by Crippen LogP contribution is -2.33. The molecule has 2 heterocycles. The van der Waals surface area contributed by atoms with E-state index in [-0.39, 0.29) is 12.1 Å². The molecule has 1 aromatic heterocycles. The van der Waals surface area contributed by atoms with Crippen LogP contribution in [0.15, 0.2) is 12.2 Å². The third-order valence-electron chi connectivity index (χ3n) is 5.81. The minimum atomic E-state index is -0.425. The Kier molecular flexibility index (Phi) is 8.26. The van der Waals surface area contributed by atoms with Gasteiger partial charge in [0.05, 0.1) is 12.1 Å². The quantitative estimate of drug-likeness (QED) is 0.444. The fourth-order valence-electron chi connectivity index (χ4n) is 4.19. The summed E-state index contributed by atoms with van der Waals surface area (Å²) in [5, 5.41) is 24.2. The molecule has 3 rings (SSSR count). The van der Waals surface area contributed by atoms with Gasteiger partial charge in [-0.1, -0.05) is 62.3 Å². The molecule has 28 heavy (non-hydrogen) atoms. The van der Waals surface area contributed by atoms with Crippen molar-refractivity contribution >= 4 is 6.09 Å². The number of aromatic amines is 1. The number of nitrogens with one attached hydrogen (secondary N) is 1. The van der Waals surface area contributed by atoms with Crippen LogP contribution in [0.2, 0.25) is 0 Å². The monoisotopic (exact) mass is 391 g/mol. The van der Waals surface area contributed by atoms with E-state index in [4.69, 9.17) is 4.74 Å². The number of aromatic nitrogens is 4. The van der Waals surface area contributed by atoms with E-state index in [0.29, 0.717) is 19.1 Å². The van der Waals surface area contributed by atoms with E-state index in [0.717, 1.165) is 44.3 Å². The highest BCUT2D eigenvalue weighted by molar-refractivity contribution is 5.70. The molecule has 156 valence electrons. The molecule has 1 amide bonds. The minimum Gasteiger partial charge on any atom is -0.447 e. The van der Waals surface area contributed by atoms with E-state index in [9.17, 15) is 9.90 Å². The number of tetrazole rings is 1. The van der Waals surface area contributed by atoms with Gasteiger partial charge in [-0.15, -0.1) is 10.2 Å². The molecule has 2 aliphatic rings. The van der Waals surface area contributed by atoms with Crippen molar-refractivity contribution in [3.63, 3.8) is 0 Å². The van der Waals surface area contributed by atoms with Gasteiger partial charge in [-0.25, -0.2) is 4.79 Å². The number of H-pyrrole nitrogens is 1. The molecule has 1 saturated heterocycles. The number of rotatable bonds is 11. The number of aliphatic hydroxyl groups excluding tert-OH is 1. The Bertz CT molecular complexity index is 601. The molecular weight excluding hydrogens is 358 g/mol. The van der Waals surface area contributed by atoms with Crippen molar-refractivity contribution in [2.45, 2.75) is 82.8 Å². The molecule has 2 fully saturated rings. The molecule has 1 aliphatic carbocycles. The number of aryl methyl sites for hydroxylation is 1. The topological polar surface area (TPSA) is 104 Å². The number of ether oxygens (including phenoxy) is 1. The van der Waals surface area contributed by atoms with Crippen molar-refractivity contribution in [2.24, 2.45) is 5.92 Å². The maximum atomic E-state index is 12.0. The number of unbranched alkanes of at least 4 members (excludes halogenated alkanes) is 3. The van der Waals surface area contributed by atoms with Gasteiger partial charge in [-0.2, -0.15) is 5.21 Å². The molecule has 2 unspecified atom stereocenters. The van der Waals surface area contributed by atoms with Crippen LogP contribution in [0.4, 0.5) is 4.79 Å². The zero-order valence-electron chi connectivity index (χ0n) is 16.6. The first kappa shape index (κ1) is 20.8. The van der Waals surface area contributed by atoms with Crippen molar-refractivity contribution in [2.75, 3.05) is 13.2 Å². The van der Waals surface area contributed by atoms with E-state index >= 15 is 0 Å². The summed E-state index contributed by atoms with van der Waals surface area (Å²) in [7, 11) is 0. The fourth-order valence-corrected chi connectivity index (χ4v) is 4.19. The van der Waals surface area contributed by atoms with E-state index in [1.165, 1.54) is 32.1 Å². The van der Waals surface area contributed by atoms with Crippen molar-refractivity contribution in [1.29, 1.82) is 0 Å². The van der Waals surface area contributed by atoms with Gasteiger partial charge in [0.1, 0.15) is 6.61 Å². The lowest BCUT2D eigenvalue weighted by atomic mass is 9.85. The molecule has 0 bridgehead atoms. The van der Waals surface area contributed by atoms with Crippen LogP contribution in [0.25, 0.3) is 0 Å². The number of cyclic esters (lactones) is 1.